The Morgan fingerprint density at radius 3 is 2.15 bits per heavy atom. The van der Waals surface area contributed by atoms with E-state index < -0.39 is 5.60 Å². The Bertz CT molecular complexity index is 200. The topological polar surface area (TPSA) is 37.3 Å². The molecule has 0 aliphatic heterocycles. The molecule has 0 unspecified atom stereocenters. The van der Waals surface area contributed by atoms with E-state index in [1.54, 1.807) is 0 Å². The molecule has 0 radical (unpaired) electrons. The van der Waals surface area contributed by atoms with Crippen LogP contribution in [0.4, 0.5) is 0 Å². The molecular weight excluding hydrogens is 164 g/mol. The van der Waals surface area contributed by atoms with Gasteiger partial charge in [-0.05, 0) is 32.1 Å². The van der Waals surface area contributed by atoms with Crippen molar-refractivity contribution in [1.29, 1.82) is 0 Å². The van der Waals surface area contributed by atoms with Crippen molar-refractivity contribution in [2.24, 2.45) is 5.41 Å². The minimum atomic E-state index is -0.504. The van der Waals surface area contributed by atoms with Gasteiger partial charge in [0, 0.05) is 5.41 Å². The van der Waals surface area contributed by atoms with Gasteiger partial charge in [-0.2, -0.15) is 0 Å². The summed E-state index contributed by atoms with van der Waals surface area (Å²) in [5.74, 6) is 0. The average molecular weight is 182 g/mol. The van der Waals surface area contributed by atoms with Crippen molar-refractivity contribution in [1.82, 2.24) is 0 Å². The van der Waals surface area contributed by atoms with Gasteiger partial charge in [0.25, 0.3) is 0 Å². The summed E-state index contributed by atoms with van der Waals surface area (Å²) >= 11 is 0. The fraction of sp³-hybridized carbons (Fsp3) is 0.909. The summed E-state index contributed by atoms with van der Waals surface area (Å²) in [6, 6.07) is 0. The van der Waals surface area contributed by atoms with Gasteiger partial charge in [0.2, 0.25) is 0 Å². The van der Waals surface area contributed by atoms with Crippen LogP contribution in [0.25, 0.3) is 0 Å². The Hall–Kier alpha value is -0.370. The van der Waals surface area contributed by atoms with Gasteiger partial charge in [-0.1, -0.05) is 19.3 Å². The summed E-state index contributed by atoms with van der Waals surface area (Å²) in [5, 5.41) is 10.2. The van der Waals surface area contributed by atoms with Crippen LogP contribution in [0.2, 0.25) is 0 Å². The van der Waals surface area contributed by atoms with E-state index in [0.717, 1.165) is 51.2 Å². The maximum Gasteiger partial charge on any atom is 0.126 e. The summed E-state index contributed by atoms with van der Waals surface area (Å²) in [7, 11) is 0. The van der Waals surface area contributed by atoms with Gasteiger partial charge in [-0.25, -0.2) is 0 Å². The summed E-state index contributed by atoms with van der Waals surface area (Å²) < 4.78 is 0. The van der Waals surface area contributed by atoms with Crippen molar-refractivity contribution in [2.75, 3.05) is 0 Å². The van der Waals surface area contributed by atoms with Crippen molar-refractivity contribution in [3.63, 3.8) is 0 Å². The van der Waals surface area contributed by atoms with Gasteiger partial charge in [-0.3, -0.25) is 0 Å². The predicted octanol–water partition coefficient (Wildman–Crippen LogP) is 2.05. The lowest BCUT2D eigenvalue weighted by Crippen LogP contribution is -2.34. The Morgan fingerprint density at radius 1 is 1.08 bits per heavy atom. The lowest BCUT2D eigenvalue weighted by molar-refractivity contribution is -0.115. The van der Waals surface area contributed by atoms with Crippen LogP contribution in [0.5, 0.6) is 0 Å². The number of aldehydes is 1. The van der Waals surface area contributed by atoms with Gasteiger partial charge in [0.15, 0.2) is 0 Å². The minimum absolute atomic E-state index is 0.119. The molecule has 0 aromatic rings. The van der Waals surface area contributed by atoms with Crippen molar-refractivity contribution >= 4 is 6.29 Å². The minimum Gasteiger partial charge on any atom is -0.390 e. The highest BCUT2D eigenvalue weighted by Gasteiger charge is 2.48. The number of carbonyl (C=O) groups is 1. The van der Waals surface area contributed by atoms with Crippen LogP contribution < -0.4 is 0 Å². The van der Waals surface area contributed by atoms with Crippen LogP contribution in [-0.2, 0) is 4.79 Å². The van der Waals surface area contributed by atoms with Crippen LogP contribution >= 0.6 is 0 Å². The highest BCUT2D eigenvalue weighted by molar-refractivity contribution is 5.63. The molecule has 0 atom stereocenters. The zero-order chi connectivity index (χ0) is 9.36. The van der Waals surface area contributed by atoms with Crippen molar-refractivity contribution in [3.8, 4) is 0 Å². The standard InChI is InChI=1S/C11H18O2/c12-9-10(6-7-10)8-11(13)4-2-1-3-5-11/h9,13H,1-8H2. The number of carbonyl (C=O) groups excluding carboxylic acids is 1. The van der Waals surface area contributed by atoms with E-state index in [-0.39, 0.29) is 5.41 Å². The monoisotopic (exact) mass is 182 g/mol. The zero-order valence-electron chi connectivity index (χ0n) is 8.09. The zero-order valence-corrected chi connectivity index (χ0v) is 8.09. The molecule has 0 bridgehead atoms. The fourth-order valence-corrected chi connectivity index (χ4v) is 2.54. The van der Waals surface area contributed by atoms with E-state index in [4.69, 9.17) is 0 Å². The number of hydrogen-bond donors (Lipinski definition) is 1. The van der Waals surface area contributed by atoms with Crippen LogP contribution in [0.15, 0.2) is 0 Å². The van der Waals surface area contributed by atoms with E-state index in [9.17, 15) is 9.90 Å². The van der Waals surface area contributed by atoms with E-state index in [1.165, 1.54) is 6.42 Å². The second-order valence-electron chi connectivity index (χ2n) is 4.94. The predicted molar refractivity (Wildman–Crippen MR) is 50.4 cm³/mol. The molecule has 2 nitrogen and oxygen atoms in total. The maximum absolute atomic E-state index is 10.8. The first-order valence-corrected chi connectivity index (χ1v) is 5.37. The normalized spacial score (nSPS) is 29.6. The summed E-state index contributed by atoms with van der Waals surface area (Å²) in [6.45, 7) is 0. The second kappa shape index (κ2) is 3.09. The molecule has 0 aromatic carbocycles. The molecule has 0 saturated heterocycles. The summed E-state index contributed by atoms with van der Waals surface area (Å²) in [4.78, 5) is 10.8. The van der Waals surface area contributed by atoms with E-state index in [0.29, 0.717) is 0 Å². The van der Waals surface area contributed by atoms with Crippen LogP contribution in [0.1, 0.15) is 51.4 Å². The molecule has 2 aliphatic carbocycles. The first-order chi connectivity index (χ1) is 6.18. The van der Waals surface area contributed by atoms with Gasteiger partial charge in [-0.15, -0.1) is 0 Å². The number of rotatable bonds is 3. The fourth-order valence-electron chi connectivity index (χ4n) is 2.54. The highest BCUT2D eigenvalue weighted by Crippen LogP contribution is 2.51. The van der Waals surface area contributed by atoms with E-state index >= 15 is 0 Å². The molecule has 13 heavy (non-hydrogen) atoms. The summed E-state index contributed by atoms with van der Waals surface area (Å²) in [5.41, 5.74) is -0.623. The molecule has 0 heterocycles. The molecule has 2 aliphatic rings. The molecule has 1 N–H and O–H groups in total. The lowest BCUT2D eigenvalue weighted by Gasteiger charge is -2.34. The Kier molecular flexibility index (Phi) is 2.18. The van der Waals surface area contributed by atoms with Crippen molar-refractivity contribution in [3.05, 3.63) is 0 Å². The molecule has 2 saturated carbocycles. The molecule has 2 fully saturated rings. The second-order valence-corrected chi connectivity index (χ2v) is 4.94. The molecule has 0 aromatic heterocycles. The van der Waals surface area contributed by atoms with Gasteiger partial charge in [0.1, 0.15) is 6.29 Å². The quantitative estimate of drug-likeness (QED) is 0.678. The van der Waals surface area contributed by atoms with Crippen molar-refractivity contribution < 1.29 is 9.90 Å². The molecule has 2 rings (SSSR count). The van der Waals surface area contributed by atoms with E-state index in [1.807, 2.05) is 0 Å². The first kappa shape index (κ1) is 9.20. The maximum atomic E-state index is 10.8. The van der Waals surface area contributed by atoms with Crippen LogP contribution in [0.3, 0.4) is 0 Å². The molecule has 74 valence electrons. The average Bonchev–Trinajstić information content (AvgIpc) is 2.86. The first-order valence-electron chi connectivity index (χ1n) is 5.37. The van der Waals surface area contributed by atoms with Gasteiger partial charge < -0.3 is 9.90 Å². The largest absolute Gasteiger partial charge is 0.390 e. The number of aliphatic hydroxyl groups is 1. The lowest BCUT2D eigenvalue weighted by atomic mass is 9.78. The smallest absolute Gasteiger partial charge is 0.126 e. The molecule has 2 heteroatoms. The SMILES string of the molecule is O=CC1(CC2(O)CCCCC2)CC1. The van der Waals surface area contributed by atoms with Crippen LogP contribution in [-0.4, -0.2) is 17.0 Å². The Balaban J connectivity index is 1.95. The van der Waals surface area contributed by atoms with Crippen molar-refractivity contribution in [2.45, 2.75) is 57.0 Å². The van der Waals surface area contributed by atoms with E-state index in [2.05, 4.69) is 0 Å². The molecular formula is C11H18O2. The third kappa shape index (κ3) is 1.93. The highest BCUT2D eigenvalue weighted by atomic mass is 16.3. The third-order valence-corrected chi connectivity index (χ3v) is 3.61. The number of hydrogen-bond acceptors (Lipinski definition) is 2. The molecule has 0 spiro atoms. The molecule has 0 amide bonds. The Morgan fingerprint density at radius 2 is 1.69 bits per heavy atom. The third-order valence-electron chi connectivity index (χ3n) is 3.61. The van der Waals surface area contributed by atoms with Gasteiger partial charge >= 0.3 is 0 Å². The summed E-state index contributed by atoms with van der Waals surface area (Å²) in [6.07, 6.45) is 9.11. The van der Waals surface area contributed by atoms with Crippen LogP contribution in [0, 0.1) is 5.41 Å². The van der Waals surface area contributed by atoms with Gasteiger partial charge in [0.05, 0.1) is 5.60 Å². The Labute approximate surface area is 79.3 Å².